The molecule has 0 amide bonds. The van der Waals surface area contributed by atoms with Crippen LogP contribution >= 0.6 is 11.6 Å². The average Bonchev–Trinajstić information content (AvgIpc) is 2.65. The van der Waals surface area contributed by atoms with Crippen LogP contribution in [0.3, 0.4) is 0 Å². The van der Waals surface area contributed by atoms with Gasteiger partial charge in [0.05, 0.1) is 22.7 Å². The first kappa shape index (κ1) is 21.8. The number of pyridine rings is 1. The summed E-state index contributed by atoms with van der Waals surface area (Å²) in [6.45, 7) is 0.0445. The van der Waals surface area contributed by atoms with Crippen LogP contribution in [-0.4, -0.2) is 13.0 Å². The predicted octanol–water partition coefficient (Wildman–Crippen LogP) is 4.51. The summed E-state index contributed by atoms with van der Waals surface area (Å²) in [5.41, 5.74) is -1.61. The molecule has 0 unspecified atom stereocenters. The maximum absolute atomic E-state index is 13.4. The SMILES string of the molecule is O=c1ccc(NS(=O)(=O)c2ccc(F)c(C(F)(F)F)c2)cn1Cc1ccccc1Cl. The molecule has 0 radical (unpaired) electrons. The average molecular weight is 461 g/mol. The Balaban J connectivity index is 1.93. The Labute approximate surface area is 173 Å². The van der Waals surface area contributed by atoms with Crippen molar-refractivity contribution in [1.29, 1.82) is 0 Å². The van der Waals surface area contributed by atoms with Gasteiger partial charge in [0.2, 0.25) is 0 Å². The van der Waals surface area contributed by atoms with Gasteiger partial charge in [0.1, 0.15) is 5.82 Å². The van der Waals surface area contributed by atoms with Crippen molar-refractivity contribution in [3.8, 4) is 0 Å². The Kier molecular flexibility index (Phi) is 5.91. The lowest BCUT2D eigenvalue weighted by Gasteiger charge is -2.13. The van der Waals surface area contributed by atoms with Crippen LogP contribution in [0.1, 0.15) is 11.1 Å². The number of rotatable bonds is 5. The molecule has 0 bridgehead atoms. The molecule has 0 spiro atoms. The zero-order chi connectivity index (χ0) is 22.1. The molecule has 0 saturated carbocycles. The molecule has 5 nitrogen and oxygen atoms in total. The van der Waals surface area contributed by atoms with Crippen molar-refractivity contribution in [3.05, 3.63) is 93.1 Å². The summed E-state index contributed by atoms with van der Waals surface area (Å²) in [7, 11) is -4.48. The molecular formula is C19H13ClF4N2O3S. The van der Waals surface area contributed by atoms with Crippen molar-refractivity contribution in [2.45, 2.75) is 17.6 Å². The van der Waals surface area contributed by atoms with E-state index < -0.39 is 38.0 Å². The molecule has 0 aliphatic rings. The van der Waals surface area contributed by atoms with Gasteiger partial charge in [-0.05, 0) is 35.9 Å². The lowest BCUT2D eigenvalue weighted by Crippen LogP contribution is -2.21. The Morgan fingerprint density at radius 3 is 2.40 bits per heavy atom. The number of aromatic nitrogens is 1. The van der Waals surface area contributed by atoms with Crippen LogP contribution in [-0.2, 0) is 22.7 Å². The molecule has 3 aromatic rings. The summed E-state index contributed by atoms with van der Waals surface area (Å²) < 4.78 is 80.3. The topological polar surface area (TPSA) is 68.2 Å². The van der Waals surface area contributed by atoms with E-state index in [-0.39, 0.29) is 18.3 Å². The normalized spacial score (nSPS) is 12.0. The summed E-state index contributed by atoms with van der Waals surface area (Å²) >= 11 is 6.07. The summed E-state index contributed by atoms with van der Waals surface area (Å²) in [4.78, 5) is 11.3. The molecule has 0 fully saturated rings. The maximum atomic E-state index is 13.4. The number of alkyl halides is 3. The van der Waals surface area contributed by atoms with E-state index in [9.17, 15) is 30.8 Å². The molecule has 1 N–H and O–H groups in total. The second-order valence-electron chi connectivity index (χ2n) is 6.22. The molecule has 30 heavy (non-hydrogen) atoms. The zero-order valence-corrected chi connectivity index (χ0v) is 16.5. The summed E-state index contributed by atoms with van der Waals surface area (Å²) in [6.07, 6.45) is -3.87. The van der Waals surface area contributed by atoms with Crippen LogP contribution < -0.4 is 10.3 Å². The Morgan fingerprint density at radius 2 is 1.73 bits per heavy atom. The summed E-state index contributed by atoms with van der Waals surface area (Å²) in [6, 6.07) is 10.3. The second-order valence-corrected chi connectivity index (χ2v) is 8.31. The van der Waals surface area contributed by atoms with E-state index in [0.717, 1.165) is 12.1 Å². The number of hydrogen-bond acceptors (Lipinski definition) is 3. The van der Waals surface area contributed by atoms with E-state index in [0.29, 0.717) is 22.7 Å². The number of halogens is 5. The van der Waals surface area contributed by atoms with Crippen molar-refractivity contribution < 1.29 is 26.0 Å². The van der Waals surface area contributed by atoms with Crippen LogP contribution in [0.5, 0.6) is 0 Å². The summed E-state index contributed by atoms with van der Waals surface area (Å²) in [5.74, 6) is -1.59. The fraction of sp³-hybridized carbons (Fsp3) is 0.105. The van der Waals surface area contributed by atoms with Gasteiger partial charge in [0.25, 0.3) is 15.6 Å². The minimum Gasteiger partial charge on any atom is -0.309 e. The number of sulfonamides is 1. The van der Waals surface area contributed by atoms with E-state index in [4.69, 9.17) is 11.6 Å². The lowest BCUT2D eigenvalue weighted by molar-refractivity contribution is -0.140. The molecule has 0 atom stereocenters. The fourth-order valence-electron chi connectivity index (χ4n) is 2.63. The van der Waals surface area contributed by atoms with Crippen molar-refractivity contribution in [2.24, 2.45) is 0 Å². The lowest BCUT2D eigenvalue weighted by atomic mass is 10.2. The van der Waals surface area contributed by atoms with E-state index >= 15 is 0 Å². The van der Waals surface area contributed by atoms with Crippen LogP contribution in [0.15, 0.2) is 70.5 Å². The minimum atomic E-state index is -5.06. The Bertz CT molecular complexity index is 1260. The van der Waals surface area contributed by atoms with E-state index in [2.05, 4.69) is 4.72 Å². The van der Waals surface area contributed by atoms with Crippen LogP contribution in [0.4, 0.5) is 23.2 Å². The van der Waals surface area contributed by atoms with Crippen molar-refractivity contribution in [1.82, 2.24) is 4.57 Å². The van der Waals surface area contributed by atoms with Crippen molar-refractivity contribution in [2.75, 3.05) is 4.72 Å². The van der Waals surface area contributed by atoms with Gasteiger partial charge in [-0.3, -0.25) is 9.52 Å². The van der Waals surface area contributed by atoms with Gasteiger partial charge < -0.3 is 4.57 Å². The molecule has 0 aliphatic heterocycles. The van der Waals surface area contributed by atoms with Crippen molar-refractivity contribution >= 4 is 27.3 Å². The van der Waals surface area contributed by atoms with E-state index in [1.54, 1.807) is 24.3 Å². The third-order valence-corrected chi connectivity index (χ3v) is 5.84. The molecule has 158 valence electrons. The number of benzene rings is 2. The number of hydrogen-bond donors (Lipinski definition) is 1. The monoisotopic (exact) mass is 460 g/mol. The van der Waals surface area contributed by atoms with Gasteiger partial charge in [-0.15, -0.1) is 0 Å². The Hall–Kier alpha value is -2.85. The predicted molar refractivity (Wildman–Crippen MR) is 103 cm³/mol. The van der Waals surface area contributed by atoms with Gasteiger partial charge >= 0.3 is 6.18 Å². The van der Waals surface area contributed by atoms with Gasteiger partial charge in [0.15, 0.2) is 0 Å². The smallest absolute Gasteiger partial charge is 0.309 e. The van der Waals surface area contributed by atoms with Crippen LogP contribution in [0.25, 0.3) is 0 Å². The molecular weight excluding hydrogens is 448 g/mol. The fourth-order valence-corrected chi connectivity index (χ4v) is 3.89. The highest BCUT2D eigenvalue weighted by Gasteiger charge is 2.35. The highest BCUT2D eigenvalue weighted by atomic mass is 35.5. The highest BCUT2D eigenvalue weighted by molar-refractivity contribution is 7.92. The minimum absolute atomic E-state index is 0.0445. The first-order valence-electron chi connectivity index (χ1n) is 8.31. The van der Waals surface area contributed by atoms with E-state index in [1.807, 2.05) is 0 Å². The molecule has 11 heteroatoms. The molecule has 3 rings (SSSR count). The van der Waals surface area contributed by atoms with Gasteiger partial charge in [0, 0.05) is 17.3 Å². The number of nitrogens with one attached hydrogen (secondary N) is 1. The first-order chi connectivity index (χ1) is 14.0. The molecule has 1 aromatic heterocycles. The second kappa shape index (κ2) is 8.11. The largest absolute Gasteiger partial charge is 0.419 e. The molecule has 2 aromatic carbocycles. The quantitative estimate of drug-likeness (QED) is 0.570. The highest BCUT2D eigenvalue weighted by Crippen LogP contribution is 2.33. The molecule has 0 aliphatic carbocycles. The van der Waals surface area contributed by atoms with Gasteiger partial charge in [-0.2, -0.15) is 13.2 Å². The first-order valence-corrected chi connectivity index (χ1v) is 10.2. The summed E-state index contributed by atoms with van der Waals surface area (Å²) in [5, 5.41) is 0.404. The van der Waals surface area contributed by atoms with Crippen LogP contribution in [0, 0.1) is 5.82 Å². The molecule has 0 saturated heterocycles. The van der Waals surface area contributed by atoms with E-state index in [1.165, 1.54) is 10.8 Å². The van der Waals surface area contributed by atoms with Gasteiger partial charge in [-0.25, -0.2) is 12.8 Å². The number of anilines is 1. The van der Waals surface area contributed by atoms with Gasteiger partial charge in [-0.1, -0.05) is 29.8 Å². The standard InChI is InChI=1S/C19H13ClF4N2O3S/c20-16-4-2-1-3-12(16)10-26-11-13(5-8-18(26)27)25-30(28,29)14-6-7-17(21)15(9-14)19(22,23)24/h1-9,11,25H,10H2. The van der Waals surface area contributed by atoms with Crippen molar-refractivity contribution in [3.63, 3.8) is 0 Å². The maximum Gasteiger partial charge on any atom is 0.419 e. The van der Waals surface area contributed by atoms with Crippen LogP contribution in [0.2, 0.25) is 5.02 Å². The Morgan fingerprint density at radius 1 is 1.03 bits per heavy atom. The zero-order valence-electron chi connectivity index (χ0n) is 15.0. The number of nitrogens with zero attached hydrogens (tertiary/aromatic N) is 1. The third-order valence-electron chi connectivity index (χ3n) is 4.09. The molecule has 1 heterocycles. The third kappa shape index (κ3) is 4.82.